The van der Waals surface area contributed by atoms with Gasteiger partial charge in [-0.3, -0.25) is 4.79 Å². The quantitative estimate of drug-likeness (QED) is 0.688. The van der Waals surface area contributed by atoms with Gasteiger partial charge in [-0.2, -0.15) is 4.31 Å². The molecule has 1 aliphatic carbocycles. The van der Waals surface area contributed by atoms with E-state index in [1.165, 1.54) is 23.5 Å². The van der Waals surface area contributed by atoms with Crippen LogP contribution in [0.25, 0.3) is 5.52 Å². The number of nitrogens with zero attached hydrogens (tertiary/aromatic N) is 3. The maximum Gasteiger partial charge on any atom is 0.309 e. The van der Waals surface area contributed by atoms with E-state index in [2.05, 4.69) is 4.98 Å². The molecule has 4 rings (SSSR count). The summed E-state index contributed by atoms with van der Waals surface area (Å²) >= 11 is 0. The number of rotatable bonds is 5. The summed E-state index contributed by atoms with van der Waals surface area (Å²) in [5.74, 6) is -1.41. The van der Waals surface area contributed by atoms with Crippen molar-refractivity contribution in [3.05, 3.63) is 65.5 Å². The molecule has 0 bridgehead atoms. The van der Waals surface area contributed by atoms with E-state index in [0.29, 0.717) is 25.0 Å². The smallest absolute Gasteiger partial charge is 0.309 e. The number of carboxylic acid groups (broad SMARTS) is 1. The highest BCUT2D eigenvalue weighted by Crippen LogP contribution is 2.34. The fourth-order valence-electron chi connectivity index (χ4n) is 4.08. The highest BCUT2D eigenvalue weighted by atomic mass is 32.2. The number of likely N-dealkylation sites (N-methyl/N-ethyl adjacent to an activating group) is 1. The number of halogens is 1. The van der Waals surface area contributed by atoms with Crippen LogP contribution in [0.2, 0.25) is 0 Å². The average Bonchev–Trinajstić information content (AvgIpc) is 3.00. The Kier molecular flexibility index (Phi) is 4.87. The van der Waals surface area contributed by atoms with Gasteiger partial charge in [0.1, 0.15) is 5.82 Å². The van der Waals surface area contributed by atoms with Crippen molar-refractivity contribution in [3.8, 4) is 0 Å². The van der Waals surface area contributed by atoms with Gasteiger partial charge in [-0.15, -0.1) is 0 Å². The Bertz CT molecular complexity index is 1190. The Hall–Kier alpha value is -2.78. The average molecular weight is 417 g/mol. The molecule has 1 unspecified atom stereocenters. The molecule has 2 heterocycles. The predicted octanol–water partition coefficient (Wildman–Crippen LogP) is 2.28. The van der Waals surface area contributed by atoms with Gasteiger partial charge in [0, 0.05) is 25.0 Å². The number of hydrogen-bond acceptors (Lipinski definition) is 4. The standard InChI is InChI=1S/C20H20FN3O4S/c1-23(29(27,28)15-5-2-13(21)3-6-15)14-4-7-16-17(10-14)18-8-9-22-12-24(18)19(16)11-20(25)26/h2-3,5-6,8-9,12,14H,4,7,10-11H2,1H3,(H,25,26). The van der Waals surface area contributed by atoms with E-state index in [-0.39, 0.29) is 17.4 Å². The van der Waals surface area contributed by atoms with Crippen LogP contribution in [-0.4, -0.2) is 46.3 Å². The van der Waals surface area contributed by atoms with E-state index >= 15 is 0 Å². The van der Waals surface area contributed by atoms with E-state index in [4.69, 9.17) is 0 Å². The Morgan fingerprint density at radius 2 is 2.00 bits per heavy atom. The predicted molar refractivity (Wildman–Crippen MR) is 104 cm³/mol. The van der Waals surface area contributed by atoms with E-state index < -0.39 is 21.8 Å². The summed E-state index contributed by atoms with van der Waals surface area (Å²) in [5, 5.41) is 9.29. The van der Waals surface area contributed by atoms with Crippen LogP contribution in [0.1, 0.15) is 23.2 Å². The summed E-state index contributed by atoms with van der Waals surface area (Å²) in [5.41, 5.74) is 3.46. The van der Waals surface area contributed by atoms with Crippen LogP contribution in [0.5, 0.6) is 0 Å². The highest BCUT2D eigenvalue weighted by molar-refractivity contribution is 7.89. The summed E-state index contributed by atoms with van der Waals surface area (Å²) < 4.78 is 42.3. The largest absolute Gasteiger partial charge is 0.481 e. The van der Waals surface area contributed by atoms with Crippen LogP contribution in [0.3, 0.4) is 0 Å². The van der Waals surface area contributed by atoms with Gasteiger partial charge in [-0.05, 0) is 60.7 Å². The number of sulfonamides is 1. The third-order valence-electron chi connectivity index (χ3n) is 5.56. The van der Waals surface area contributed by atoms with Crippen LogP contribution in [0, 0.1) is 5.82 Å². The van der Waals surface area contributed by atoms with Gasteiger partial charge in [-0.25, -0.2) is 17.8 Å². The summed E-state index contributed by atoms with van der Waals surface area (Å²) in [6.45, 7) is 0. The van der Waals surface area contributed by atoms with Gasteiger partial charge in [-0.1, -0.05) is 0 Å². The van der Waals surface area contributed by atoms with Crippen LogP contribution in [0.4, 0.5) is 4.39 Å². The van der Waals surface area contributed by atoms with E-state index in [1.807, 2.05) is 6.07 Å². The SMILES string of the molecule is CN(C1CCc2c(c3ccncn3c2CC(=O)O)C1)S(=O)(=O)c1ccc(F)cc1. The molecule has 0 fully saturated rings. The van der Waals surface area contributed by atoms with Crippen molar-refractivity contribution < 1.29 is 22.7 Å². The fraction of sp³-hybridized carbons (Fsp3) is 0.300. The zero-order valence-corrected chi connectivity index (χ0v) is 16.6. The second-order valence-corrected chi connectivity index (χ2v) is 9.18. The number of carbonyl (C=O) groups is 1. The normalized spacial score (nSPS) is 16.9. The Labute approximate surface area is 167 Å². The second-order valence-electron chi connectivity index (χ2n) is 7.18. The zero-order chi connectivity index (χ0) is 20.8. The molecular weight excluding hydrogens is 397 g/mol. The molecule has 0 spiro atoms. The monoisotopic (exact) mass is 417 g/mol. The molecule has 3 aromatic rings. The van der Waals surface area contributed by atoms with Crippen LogP contribution < -0.4 is 0 Å². The van der Waals surface area contributed by atoms with Gasteiger partial charge in [0.25, 0.3) is 0 Å². The highest BCUT2D eigenvalue weighted by Gasteiger charge is 2.33. The minimum Gasteiger partial charge on any atom is -0.481 e. The van der Waals surface area contributed by atoms with Crippen molar-refractivity contribution in [2.45, 2.75) is 36.6 Å². The minimum absolute atomic E-state index is 0.0460. The molecule has 1 atom stereocenters. The first kappa shape index (κ1) is 19.5. The number of fused-ring (bicyclic) bond motifs is 3. The summed E-state index contributed by atoms with van der Waals surface area (Å²) in [6, 6.07) is 6.33. The molecule has 29 heavy (non-hydrogen) atoms. The lowest BCUT2D eigenvalue weighted by atomic mass is 9.88. The van der Waals surface area contributed by atoms with Gasteiger partial charge >= 0.3 is 5.97 Å². The second kappa shape index (κ2) is 7.23. The number of aromatic nitrogens is 2. The molecule has 1 aliphatic rings. The van der Waals surface area contributed by atoms with Gasteiger partial charge in [0.2, 0.25) is 10.0 Å². The first-order valence-electron chi connectivity index (χ1n) is 9.19. The van der Waals surface area contributed by atoms with E-state index in [9.17, 15) is 22.7 Å². The van der Waals surface area contributed by atoms with Crippen molar-refractivity contribution in [1.82, 2.24) is 13.7 Å². The van der Waals surface area contributed by atoms with E-state index in [1.54, 1.807) is 16.9 Å². The van der Waals surface area contributed by atoms with Crippen molar-refractivity contribution >= 4 is 21.5 Å². The molecule has 0 aliphatic heterocycles. The lowest BCUT2D eigenvalue weighted by molar-refractivity contribution is -0.136. The number of hydrogen-bond donors (Lipinski definition) is 1. The minimum atomic E-state index is -3.77. The van der Waals surface area contributed by atoms with Gasteiger partial charge in [0.05, 0.1) is 23.2 Å². The molecule has 152 valence electrons. The van der Waals surface area contributed by atoms with Crippen LogP contribution in [0.15, 0.2) is 47.8 Å². The summed E-state index contributed by atoms with van der Waals surface area (Å²) in [4.78, 5) is 15.5. The van der Waals surface area contributed by atoms with Gasteiger partial charge < -0.3 is 9.51 Å². The third-order valence-corrected chi connectivity index (χ3v) is 7.49. The maximum atomic E-state index is 13.2. The van der Waals surface area contributed by atoms with Crippen LogP contribution >= 0.6 is 0 Å². The lowest BCUT2D eigenvalue weighted by Gasteiger charge is -2.31. The van der Waals surface area contributed by atoms with Crippen molar-refractivity contribution in [1.29, 1.82) is 0 Å². The van der Waals surface area contributed by atoms with Crippen molar-refractivity contribution in [2.24, 2.45) is 0 Å². The summed E-state index contributed by atoms with van der Waals surface area (Å²) in [7, 11) is -2.24. The summed E-state index contributed by atoms with van der Waals surface area (Å²) in [6.07, 6.45) is 4.74. The van der Waals surface area contributed by atoms with Crippen molar-refractivity contribution in [2.75, 3.05) is 7.05 Å². The Morgan fingerprint density at radius 1 is 1.28 bits per heavy atom. The zero-order valence-electron chi connectivity index (χ0n) is 15.7. The molecule has 0 saturated heterocycles. The molecule has 0 amide bonds. The number of benzene rings is 1. The first-order chi connectivity index (χ1) is 13.8. The van der Waals surface area contributed by atoms with E-state index in [0.717, 1.165) is 28.8 Å². The first-order valence-corrected chi connectivity index (χ1v) is 10.6. The third kappa shape index (κ3) is 3.40. The maximum absolute atomic E-state index is 13.2. The Morgan fingerprint density at radius 3 is 2.69 bits per heavy atom. The van der Waals surface area contributed by atoms with Crippen molar-refractivity contribution in [3.63, 3.8) is 0 Å². The molecule has 7 nitrogen and oxygen atoms in total. The number of carboxylic acids is 1. The van der Waals surface area contributed by atoms with Gasteiger partial charge in [0.15, 0.2) is 0 Å². The number of aliphatic carboxylic acids is 1. The molecular formula is C20H20FN3O4S. The molecule has 1 aromatic carbocycles. The lowest BCUT2D eigenvalue weighted by Crippen LogP contribution is -2.40. The molecule has 2 aromatic heterocycles. The molecule has 0 saturated carbocycles. The topological polar surface area (TPSA) is 92.0 Å². The fourth-order valence-corrected chi connectivity index (χ4v) is 5.47. The Balaban J connectivity index is 1.70. The molecule has 1 N–H and O–H groups in total. The molecule has 9 heteroatoms. The molecule has 0 radical (unpaired) electrons. The van der Waals surface area contributed by atoms with Crippen LogP contribution in [-0.2, 0) is 34.1 Å².